The Labute approximate surface area is 163 Å². The molecular formula is C19H18BrFN2O2S. The molecule has 0 spiro atoms. The number of aromatic nitrogens is 1. The molecule has 3 heterocycles. The molecule has 2 aromatic heterocycles. The van der Waals surface area contributed by atoms with Crippen LogP contribution in [0.2, 0.25) is 0 Å². The summed E-state index contributed by atoms with van der Waals surface area (Å²) < 4.78 is 23.6. The molecule has 1 saturated heterocycles. The van der Waals surface area contributed by atoms with E-state index in [-0.39, 0.29) is 17.8 Å². The number of hydrogen-bond acceptors (Lipinski definition) is 3. The second kappa shape index (κ2) is 7.50. The molecule has 7 heteroatoms. The summed E-state index contributed by atoms with van der Waals surface area (Å²) in [5, 5.41) is 2.96. The highest BCUT2D eigenvalue weighted by Gasteiger charge is 2.21. The van der Waals surface area contributed by atoms with Crippen molar-refractivity contribution in [2.24, 2.45) is 0 Å². The average Bonchev–Trinajstić information content (AvgIpc) is 3.32. The van der Waals surface area contributed by atoms with Crippen LogP contribution in [0, 0.1) is 5.82 Å². The maximum absolute atomic E-state index is 14.1. The predicted molar refractivity (Wildman–Crippen MR) is 104 cm³/mol. The number of hydrogen-bond donors (Lipinski definition) is 1. The largest absolute Gasteiger partial charge is 0.376 e. The summed E-state index contributed by atoms with van der Waals surface area (Å²) in [6.07, 6.45) is 2.09. The molecule has 1 fully saturated rings. The molecule has 1 amide bonds. The number of amides is 1. The topological polar surface area (TPSA) is 43.3 Å². The van der Waals surface area contributed by atoms with E-state index in [1.54, 1.807) is 29.5 Å². The quantitative estimate of drug-likeness (QED) is 0.636. The van der Waals surface area contributed by atoms with Gasteiger partial charge in [0.2, 0.25) is 0 Å². The maximum atomic E-state index is 14.1. The van der Waals surface area contributed by atoms with Gasteiger partial charge in [0, 0.05) is 18.7 Å². The van der Waals surface area contributed by atoms with E-state index < -0.39 is 0 Å². The van der Waals surface area contributed by atoms with Crippen LogP contribution < -0.4 is 5.32 Å². The van der Waals surface area contributed by atoms with Gasteiger partial charge in [0.25, 0.3) is 5.91 Å². The van der Waals surface area contributed by atoms with Crippen molar-refractivity contribution in [3.05, 3.63) is 57.3 Å². The second-order valence-electron chi connectivity index (χ2n) is 6.35. The lowest BCUT2D eigenvalue weighted by atomic mass is 10.2. The standard InChI is InChI=1S/C19H18BrFN2O2S/c20-18-9-15-17(26-18)8-16(19(24)22-10-13-5-3-7-25-13)23(15)11-12-4-1-2-6-14(12)21/h1-2,4,6,8-9,13H,3,5,7,10-11H2,(H,22,24). The Hall–Kier alpha value is -1.70. The maximum Gasteiger partial charge on any atom is 0.268 e. The normalized spacial score (nSPS) is 17.1. The fraction of sp³-hybridized carbons (Fsp3) is 0.316. The van der Waals surface area contributed by atoms with Crippen molar-refractivity contribution >= 4 is 43.4 Å². The molecule has 136 valence electrons. The number of fused-ring (bicyclic) bond motifs is 1. The van der Waals surface area contributed by atoms with Gasteiger partial charge in [0.05, 0.1) is 26.7 Å². The predicted octanol–water partition coefficient (Wildman–Crippen LogP) is 4.56. The SMILES string of the molecule is O=C(NCC1CCCO1)c1cc2sc(Br)cc2n1Cc1ccccc1F. The number of halogens is 2. The van der Waals surface area contributed by atoms with Crippen molar-refractivity contribution in [2.75, 3.05) is 13.2 Å². The number of ether oxygens (including phenoxy) is 1. The lowest BCUT2D eigenvalue weighted by Crippen LogP contribution is -2.33. The summed E-state index contributed by atoms with van der Waals surface area (Å²) in [5.41, 5.74) is 2.02. The molecule has 0 aliphatic carbocycles. The monoisotopic (exact) mass is 436 g/mol. The summed E-state index contributed by atoms with van der Waals surface area (Å²) in [5.74, 6) is -0.425. The van der Waals surface area contributed by atoms with E-state index in [0.29, 0.717) is 24.3 Å². The van der Waals surface area contributed by atoms with Crippen LogP contribution in [0.1, 0.15) is 28.9 Å². The summed E-state index contributed by atoms with van der Waals surface area (Å²) in [6.45, 7) is 1.57. The first kappa shape index (κ1) is 17.7. The van der Waals surface area contributed by atoms with Crippen molar-refractivity contribution < 1.29 is 13.9 Å². The van der Waals surface area contributed by atoms with Gasteiger partial charge in [-0.05, 0) is 47.0 Å². The molecule has 1 N–H and O–H groups in total. The minimum absolute atomic E-state index is 0.0872. The number of rotatable bonds is 5. The third kappa shape index (κ3) is 3.56. The highest BCUT2D eigenvalue weighted by Crippen LogP contribution is 2.33. The van der Waals surface area contributed by atoms with Crippen molar-refractivity contribution in [1.82, 2.24) is 9.88 Å². The molecule has 1 unspecified atom stereocenters. The highest BCUT2D eigenvalue weighted by atomic mass is 79.9. The van der Waals surface area contributed by atoms with Crippen molar-refractivity contribution in [1.29, 1.82) is 0 Å². The van der Waals surface area contributed by atoms with E-state index in [1.807, 2.05) is 16.7 Å². The Morgan fingerprint density at radius 2 is 2.23 bits per heavy atom. The smallest absolute Gasteiger partial charge is 0.268 e. The molecule has 1 aromatic carbocycles. The highest BCUT2D eigenvalue weighted by molar-refractivity contribution is 9.11. The lowest BCUT2D eigenvalue weighted by Gasteiger charge is -2.13. The van der Waals surface area contributed by atoms with E-state index in [9.17, 15) is 9.18 Å². The zero-order chi connectivity index (χ0) is 18.1. The Morgan fingerprint density at radius 3 is 3.00 bits per heavy atom. The van der Waals surface area contributed by atoms with Crippen molar-refractivity contribution in [2.45, 2.75) is 25.5 Å². The van der Waals surface area contributed by atoms with Gasteiger partial charge in [-0.1, -0.05) is 18.2 Å². The molecule has 1 aliphatic rings. The minimum atomic E-state index is -0.269. The molecule has 1 atom stereocenters. The number of carbonyl (C=O) groups excluding carboxylic acids is 1. The molecular weight excluding hydrogens is 419 g/mol. The summed E-state index contributed by atoms with van der Waals surface area (Å²) in [6, 6.07) is 10.5. The van der Waals surface area contributed by atoms with Gasteiger partial charge in [-0.3, -0.25) is 4.79 Å². The van der Waals surface area contributed by atoms with Gasteiger partial charge in [-0.25, -0.2) is 4.39 Å². The molecule has 4 nitrogen and oxygen atoms in total. The summed E-state index contributed by atoms with van der Waals surface area (Å²) in [4.78, 5) is 12.8. The van der Waals surface area contributed by atoms with E-state index in [2.05, 4.69) is 21.2 Å². The number of thiophene rings is 1. The number of carbonyl (C=O) groups is 1. The first-order valence-corrected chi connectivity index (χ1v) is 10.1. The Balaban J connectivity index is 1.64. The molecule has 1 aliphatic heterocycles. The third-order valence-electron chi connectivity index (χ3n) is 4.59. The number of nitrogens with one attached hydrogen (secondary N) is 1. The first-order valence-electron chi connectivity index (χ1n) is 8.53. The first-order chi connectivity index (χ1) is 12.6. The van der Waals surface area contributed by atoms with Gasteiger partial charge in [-0.15, -0.1) is 11.3 Å². The van der Waals surface area contributed by atoms with Gasteiger partial charge in [0.1, 0.15) is 11.5 Å². The average molecular weight is 437 g/mol. The van der Waals surface area contributed by atoms with Crippen LogP contribution >= 0.6 is 27.3 Å². The van der Waals surface area contributed by atoms with Gasteiger partial charge < -0.3 is 14.6 Å². The van der Waals surface area contributed by atoms with E-state index in [1.165, 1.54) is 6.07 Å². The van der Waals surface area contributed by atoms with Crippen LogP contribution in [-0.4, -0.2) is 29.7 Å². The molecule has 0 bridgehead atoms. The van der Waals surface area contributed by atoms with Gasteiger partial charge in [-0.2, -0.15) is 0 Å². The Bertz CT molecular complexity index is 946. The van der Waals surface area contributed by atoms with Crippen molar-refractivity contribution in [3.63, 3.8) is 0 Å². The molecule has 3 aromatic rings. The summed E-state index contributed by atoms with van der Waals surface area (Å²) in [7, 11) is 0. The summed E-state index contributed by atoms with van der Waals surface area (Å²) >= 11 is 5.05. The molecule has 26 heavy (non-hydrogen) atoms. The fourth-order valence-electron chi connectivity index (χ4n) is 3.27. The van der Waals surface area contributed by atoms with Crippen LogP contribution in [0.3, 0.4) is 0 Å². The lowest BCUT2D eigenvalue weighted by molar-refractivity contribution is 0.0851. The van der Waals surface area contributed by atoms with Gasteiger partial charge in [0.15, 0.2) is 0 Å². The zero-order valence-corrected chi connectivity index (χ0v) is 16.4. The Morgan fingerprint density at radius 1 is 1.38 bits per heavy atom. The van der Waals surface area contributed by atoms with Crippen LogP contribution in [0.4, 0.5) is 4.39 Å². The van der Waals surface area contributed by atoms with Crippen LogP contribution in [0.25, 0.3) is 10.2 Å². The van der Waals surface area contributed by atoms with Crippen LogP contribution in [0.15, 0.2) is 40.2 Å². The fourth-order valence-corrected chi connectivity index (χ4v) is 4.83. The zero-order valence-electron chi connectivity index (χ0n) is 14.0. The van der Waals surface area contributed by atoms with Crippen molar-refractivity contribution in [3.8, 4) is 0 Å². The molecule has 0 radical (unpaired) electrons. The van der Waals surface area contributed by atoms with E-state index in [0.717, 1.165) is 33.5 Å². The van der Waals surface area contributed by atoms with E-state index in [4.69, 9.17) is 4.74 Å². The second-order valence-corrected chi connectivity index (χ2v) is 8.82. The van der Waals surface area contributed by atoms with E-state index >= 15 is 0 Å². The molecule has 0 saturated carbocycles. The van der Waals surface area contributed by atoms with Crippen LogP contribution in [0.5, 0.6) is 0 Å². The number of nitrogens with zero attached hydrogens (tertiary/aromatic N) is 1. The third-order valence-corrected chi connectivity index (χ3v) is 6.17. The number of benzene rings is 1. The minimum Gasteiger partial charge on any atom is -0.376 e. The van der Waals surface area contributed by atoms with Crippen LogP contribution in [-0.2, 0) is 11.3 Å². The van der Waals surface area contributed by atoms with Gasteiger partial charge >= 0.3 is 0 Å². The molecule has 4 rings (SSSR count). The Kier molecular flexibility index (Phi) is 5.11.